The summed E-state index contributed by atoms with van der Waals surface area (Å²) in [7, 11) is 0. The van der Waals surface area contributed by atoms with E-state index in [2.05, 4.69) is 10.3 Å². The lowest BCUT2D eigenvalue weighted by Crippen LogP contribution is -2.23. The summed E-state index contributed by atoms with van der Waals surface area (Å²) in [5.74, 6) is -0.524. The molecule has 17 heavy (non-hydrogen) atoms. The van der Waals surface area contributed by atoms with Crippen LogP contribution < -0.4 is 5.32 Å². The summed E-state index contributed by atoms with van der Waals surface area (Å²) in [4.78, 5) is 27.8. The summed E-state index contributed by atoms with van der Waals surface area (Å²) in [6.45, 7) is 3.38. The van der Waals surface area contributed by atoms with Gasteiger partial charge in [-0.1, -0.05) is 0 Å². The number of rotatable bonds is 1. The van der Waals surface area contributed by atoms with E-state index in [1.807, 2.05) is 24.4 Å². The lowest BCUT2D eigenvalue weighted by atomic mass is 10.3. The number of nitrogens with one attached hydrogen (secondary N) is 1. The number of amides is 2. The average molecular weight is 266 g/mol. The van der Waals surface area contributed by atoms with Crippen molar-refractivity contribution >= 4 is 46.2 Å². The second-order valence-corrected chi connectivity index (χ2v) is 5.46. The predicted octanol–water partition coefficient (Wildman–Crippen LogP) is 2.16. The summed E-state index contributed by atoms with van der Waals surface area (Å²) in [5.41, 5.74) is 1.13. The van der Waals surface area contributed by atoms with Crippen LogP contribution >= 0.6 is 23.1 Å². The molecule has 1 aromatic rings. The fourth-order valence-corrected chi connectivity index (χ4v) is 3.04. The zero-order valence-corrected chi connectivity index (χ0v) is 10.9. The molecule has 0 spiro atoms. The minimum atomic E-state index is -0.299. The quantitative estimate of drug-likeness (QED) is 0.792. The van der Waals surface area contributed by atoms with E-state index in [0.29, 0.717) is 10.1 Å². The fourth-order valence-electron chi connectivity index (χ4n) is 1.26. The molecule has 2 rings (SSSR count). The van der Waals surface area contributed by atoms with Crippen LogP contribution in [0.15, 0.2) is 21.3 Å². The van der Waals surface area contributed by atoms with Gasteiger partial charge >= 0.3 is 0 Å². The molecule has 0 fully saturated rings. The Hall–Kier alpha value is -1.40. The molecule has 1 aliphatic heterocycles. The molecule has 6 heteroatoms. The Morgan fingerprint density at radius 1 is 1.53 bits per heavy atom. The molecule has 88 valence electrons. The molecule has 4 nitrogen and oxygen atoms in total. The molecule has 2 heterocycles. The normalized spacial score (nSPS) is 17.4. The largest absolute Gasteiger partial charge is 0.305 e. The highest BCUT2D eigenvalue weighted by Gasteiger charge is 2.22. The molecular formula is C11H10N2O2S2. The number of thiophene rings is 1. The highest BCUT2D eigenvalue weighted by atomic mass is 32.2. The zero-order chi connectivity index (χ0) is 12.4. The van der Waals surface area contributed by atoms with Crippen LogP contribution in [0.5, 0.6) is 0 Å². The third-order valence-corrected chi connectivity index (χ3v) is 3.93. The van der Waals surface area contributed by atoms with Crippen molar-refractivity contribution < 1.29 is 9.59 Å². The standard InChI is InChI=1S/C11H10N2O2S2/c1-6-3-4-16-8(6)5-9-10(15)13-11(17-9)12-7(2)14/h3-5H,1-2H3,(H,12,13,14,15). The topological polar surface area (TPSA) is 58.5 Å². The number of carbonyl (C=O) groups excluding carboxylic acids is 2. The molecule has 0 aliphatic carbocycles. The smallest absolute Gasteiger partial charge is 0.286 e. The first-order chi connectivity index (χ1) is 8.06. The van der Waals surface area contributed by atoms with Gasteiger partial charge in [0.2, 0.25) is 5.91 Å². The molecule has 0 unspecified atom stereocenters. The Morgan fingerprint density at radius 3 is 2.88 bits per heavy atom. The molecule has 0 saturated heterocycles. The lowest BCUT2D eigenvalue weighted by Gasteiger charge is -1.97. The van der Waals surface area contributed by atoms with Crippen LogP contribution in [0, 0.1) is 6.92 Å². The van der Waals surface area contributed by atoms with Crippen molar-refractivity contribution in [2.75, 3.05) is 0 Å². The predicted molar refractivity (Wildman–Crippen MR) is 70.9 cm³/mol. The zero-order valence-electron chi connectivity index (χ0n) is 9.31. The Balaban J connectivity index is 2.17. The van der Waals surface area contributed by atoms with Crippen LogP contribution in [0.3, 0.4) is 0 Å². The van der Waals surface area contributed by atoms with Crippen molar-refractivity contribution in [3.8, 4) is 0 Å². The van der Waals surface area contributed by atoms with Gasteiger partial charge in [-0.2, -0.15) is 4.99 Å². The monoisotopic (exact) mass is 266 g/mol. The number of aliphatic imine (C=N–C) groups is 1. The van der Waals surface area contributed by atoms with Crippen LogP contribution in [0.2, 0.25) is 0 Å². The van der Waals surface area contributed by atoms with E-state index in [9.17, 15) is 9.59 Å². The van der Waals surface area contributed by atoms with Crippen molar-refractivity contribution in [1.82, 2.24) is 5.32 Å². The van der Waals surface area contributed by atoms with E-state index in [1.165, 1.54) is 18.7 Å². The summed E-state index contributed by atoms with van der Waals surface area (Å²) in [5, 5.41) is 4.84. The number of nitrogens with zero attached hydrogens (tertiary/aromatic N) is 1. The lowest BCUT2D eigenvalue weighted by molar-refractivity contribution is -0.117. The number of carbonyl (C=O) groups is 2. The maximum absolute atomic E-state index is 11.6. The van der Waals surface area contributed by atoms with Crippen molar-refractivity contribution in [3.63, 3.8) is 0 Å². The van der Waals surface area contributed by atoms with E-state index in [-0.39, 0.29) is 11.8 Å². The maximum atomic E-state index is 11.6. The first-order valence-corrected chi connectivity index (χ1v) is 6.60. The second-order valence-electron chi connectivity index (χ2n) is 3.48. The van der Waals surface area contributed by atoms with E-state index in [4.69, 9.17) is 0 Å². The minimum absolute atomic E-state index is 0.224. The van der Waals surface area contributed by atoms with Crippen LogP contribution in [0.1, 0.15) is 17.4 Å². The number of thioether (sulfide) groups is 1. The van der Waals surface area contributed by atoms with Gasteiger partial charge in [0.05, 0.1) is 4.91 Å². The molecule has 0 aromatic carbocycles. The third kappa shape index (κ3) is 2.83. The van der Waals surface area contributed by atoms with Crippen LogP contribution in [0.4, 0.5) is 0 Å². The van der Waals surface area contributed by atoms with Gasteiger partial charge in [-0.25, -0.2) is 0 Å². The molecule has 2 amide bonds. The second kappa shape index (κ2) is 4.85. The summed E-state index contributed by atoms with van der Waals surface area (Å²) in [6, 6.07) is 2.00. The van der Waals surface area contributed by atoms with Gasteiger partial charge in [-0.05, 0) is 41.8 Å². The average Bonchev–Trinajstić information content (AvgIpc) is 2.75. The molecule has 1 N–H and O–H groups in total. The van der Waals surface area contributed by atoms with Crippen molar-refractivity contribution in [1.29, 1.82) is 0 Å². The number of hydrogen-bond donors (Lipinski definition) is 1. The van der Waals surface area contributed by atoms with Gasteiger partial charge in [0.25, 0.3) is 5.91 Å². The highest BCUT2D eigenvalue weighted by Crippen LogP contribution is 2.29. The molecule has 1 aromatic heterocycles. The highest BCUT2D eigenvalue weighted by molar-refractivity contribution is 8.18. The van der Waals surface area contributed by atoms with Crippen LogP contribution in [-0.2, 0) is 9.59 Å². The van der Waals surface area contributed by atoms with Gasteiger partial charge < -0.3 is 5.32 Å². The molecule has 0 radical (unpaired) electrons. The first-order valence-electron chi connectivity index (χ1n) is 4.90. The van der Waals surface area contributed by atoms with Gasteiger partial charge in [0, 0.05) is 11.8 Å². The molecule has 0 saturated carbocycles. The van der Waals surface area contributed by atoms with Crippen molar-refractivity contribution in [2.24, 2.45) is 4.99 Å². The fraction of sp³-hybridized carbons (Fsp3) is 0.182. The van der Waals surface area contributed by atoms with Crippen molar-refractivity contribution in [3.05, 3.63) is 26.8 Å². The van der Waals surface area contributed by atoms with Crippen molar-refractivity contribution in [2.45, 2.75) is 13.8 Å². The maximum Gasteiger partial charge on any atom is 0.286 e. The Labute approximate surface area is 107 Å². The molecule has 0 atom stereocenters. The summed E-state index contributed by atoms with van der Waals surface area (Å²) >= 11 is 2.76. The van der Waals surface area contributed by atoms with Crippen LogP contribution in [0.25, 0.3) is 6.08 Å². The van der Waals surface area contributed by atoms with E-state index in [1.54, 1.807) is 11.3 Å². The number of aryl methyl sites for hydroxylation is 1. The van der Waals surface area contributed by atoms with Gasteiger partial charge in [0.1, 0.15) is 0 Å². The van der Waals surface area contributed by atoms with Gasteiger partial charge in [0.15, 0.2) is 5.17 Å². The molecule has 0 bridgehead atoms. The third-order valence-electron chi connectivity index (χ3n) is 2.07. The SMILES string of the molecule is CC(=O)NC1=NC(=O)C(=Cc2sccc2C)S1. The number of hydrogen-bond acceptors (Lipinski definition) is 4. The van der Waals surface area contributed by atoms with Crippen LogP contribution in [-0.4, -0.2) is 17.0 Å². The van der Waals surface area contributed by atoms with Gasteiger partial charge in [-0.15, -0.1) is 11.3 Å². The van der Waals surface area contributed by atoms with E-state index >= 15 is 0 Å². The summed E-state index contributed by atoms with van der Waals surface area (Å²) in [6.07, 6.45) is 1.81. The molecular weight excluding hydrogens is 256 g/mol. The van der Waals surface area contributed by atoms with E-state index in [0.717, 1.165) is 10.4 Å². The van der Waals surface area contributed by atoms with Gasteiger partial charge in [-0.3, -0.25) is 9.59 Å². The Bertz CT molecular complexity index is 543. The summed E-state index contributed by atoms with van der Waals surface area (Å²) < 4.78 is 0. The Morgan fingerprint density at radius 2 is 2.29 bits per heavy atom. The molecule has 1 aliphatic rings. The number of amidine groups is 1. The minimum Gasteiger partial charge on any atom is -0.305 e. The Kier molecular flexibility index (Phi) is 3.44. The van der Waals surface area contributed by atoms with E-state index < -0.39 is 0 Å². The first kappa shape index (κ1) is 12.1.